The lowest BCUT2D eigenvalue weighted by Gasteiger charge is -2.09. The molecule has 5 nitrogen and oxygen atoms in total. The number of alkyl halides is 3. The third-order valence-electron chi connectivity index (χ3n) is 3.31. The van der Waals surface area contributed by atoms with Crippen molar-refractivity contribution in [2.45, 2.75) is 12.7 Å². The smallest absolute Gasteiger partial charge is 0.433 e. The zero-order valence-corrected chi connectivity index (χ0v) is 11.6. The highest BCUT2D eigenvalue weighted by Crippen LogP contribution is 2.31. The molecule has 0 bridgehead atoms. The topological polar surface area (TPSA) is 68.0 Å². The van der Waals surface area contributed by atoms with Gasteiger partial charge in [-0.05, 0) is 11.6 Å². The number of nitrogens with zero attached hydrogens (tertiary/aromatic N) is 3. The molecule has 0 radical (unpaired) electrons. The van der Waals surface area contributed by atoms with Gasteiger partial charge in [-0.3, -0.25) is 0 Å². The van der Waals surface area contributed by atoms with Crippen LogP contribution >= 0.6 is 0 Å². The van der Waals surface area contributed by atoms with Crippen LogP contribution in [0.3, 0.4) is 0 Å². The third-order valence-corrected chi connectivity index (χ3v) is 3.31. The average molecular weight is 321 g/mol. The maximum absolute atomic E-state index is 12.9. The largest absolute Gasteiger partial charge is 0.478 e. The summed E-state index contributed by atoms with van der Waals surface area (Å²) in [5.74, 6) is -1.46. The van der Waals surface area contributed by atoms with Gasteiger partial charge in [-0.25, -0.2) is 14.5 Å². The second-order valence-electron chi connectivity index (χ2n) is 4.88. The number of aromatic nitrogens is 3. The molecule has 8 heteroatoms. The van der Waals surface area contributed by atoms with Crippen LogP contribution < -0.4 is 0 Å². The summed E-state index contributed by atoms with van der Waals surface area (Å²) < 4.78 is 40.1. The van der Waals surface area contributed by atoms with E-state index in [0.717, 1.165) is 5.56 Å². The number of pyridine rings is 1. The van der Waals surface area contributed by atoms with Crippen molar-refractivity contribution in [3.8, 4) is 0 Å². The van der Waals surface area contributed by atoms with E-state index in [1.807, 2.05) is 6.07 Å². The van der Waals surface area contributed by atoms with Gasteiger partial charge in [-0.1, -0.05) is 30.3 Å². The van der Waals surface area contributed by atoms with Crippen molar-refractivity contribution in [2.24, 2.45) is 0 Å². The quantitative estimate of drug-likeness (QED) is 0.804. The molecule has 23 heavy (non-hydrogen) atoms. The molecule has 0 aliphatic carbocycles. The van der Waals surface area contributed by atoms with E-state index < -0.39 is 23.4 Å². The molecule has 0 saturated carbocycles. The molecular formula is C15H10F3N3O2. The standard InChI is InChI=1S/C15H10F3N3O2/c16-15(17,18)12-6-10(14(22)23)11-7-19-21(13(11)20-12)8-9-4-2-1-3-5-9/h1-7H,8H2,(H,22,23). The van der Waals surface area contributed by atoms with E-state index in [0.29, 0.717) is 6.07 Å². The normalized spacial score (nSPS) is 11.8. The Bertz CT molecular complexity index is 873. The molecular weight excluding hydrogens is 311 g/mol. The second kappa shape index (κ2) is 5.38. The van der Waals surface area contributed by atoms with E-state index >= 15 is 0 Å². The fourth-order valence-corrected chi connectivity index (χ4v) is 2.24. The van der Waals surface area contributed by atoms with Gasteiger partial charge in [0.15, 0.2) is 5.65 Å². The molecule has 1 N–H and O–H groups in total. The third kappa shape index (κ3) is 2.87. The van der Waals surface area contributed by atoms with Gasteiger partial charge in [-0.2, -0.15) is 18.3 Å². The molecule has 2 heterocycles. The molecule has 0 saturated heterocycles. The summed E-state index contributed by atoms with van der Waals surface area (Å²) in [4.78, 5) is 14.8. The van der Waals surface area contributed by atoms with Crippen molar-refractivity contribution in [3.05, 3.63) is 59.4 Å². The molecule has 3 aromatic rings. The second-order valence-corrected chi connectivity index (χ2v) is 4.88. The number of carbonyl (C=O) groups is 1. The van der Waals surface area contributed by atoms with E-state index in [1.165, 1.54) is 10.9 Å². The number of hydrogen-bond donors (Lipinski definition) is 1. The maximum atomic E-state index is 12.9. The maximum Gasteiger partial charge on any atom is 0.433 e. The zero-order valence-electron chi connectivity index (χ0n) is 11.6. The van der Waals surface area contributed by atoms with Crippen LogP contribution in [-0.4, -0.2) is 25.8 Å². The first-order valence-corrected chi connectivity index (χ1v) is 6.57. The summed E-state index contributed by atoms with van der Waals surface area (Å²) in [6, 6.07) is 9.50. The Morgan fingerprint density at radius 3 is 2.52 bits per heavy atom. The van der Waals surface area contributed by atoms with Gasteiger partial charge >= 0.3 is 12.1 Å². The van der Waals surface area contributed by atoms with E-state index in [-0.39, 0.29) is 17.6 Å². The van der Waals surface area contributed by atoms with Gasteiger partial charge < -0.3 is 5.11 Å². The Balaban J connectivity index is 2.17. The highest BCUT2D eigenvalue weighted by molar-refractivity contribution is 6.01. The first kappa shape index (κ1) is 15.0. The molecule has 0 aliphatic heterocycles. The minimum absolute atomic E-state index is 0.0708. The Morgan fingerprint density at radius 1 is 1.22 bits per heavy atom. The molecule has 0 amide bonds. The van der Waals surface area contributed by atoms with E-state index in [2.05, 4.69) is 10.1 Å². The summed E-state index contributed by atoms with van der Waals surface area (Å²) in [5.41, 5.74) is -1.02. The number of fused-ring (bicyclic) bond motifs is 1. The van der Waals surface area contributed by atoms with Crippen molar-refractivity contribution in [2.75, 3.05) is 0 Å². The number of halogens is 3. The lowest BCUT2D eigenvalue weighted by atomic mass is 10.1. The van der Waals surface area contributed by atoms with Gasteiger partial charge in [0.2, 0.25) is 0 Å². The first-order valence-electron chi connectivity index (χ1n) is 6.57. The lowest BCUT2D eigenvalue weighted by molar-refractivity contribution is -0.141. The van der Waals surface area contributed by atoms with Crippen molar-refractivity contribution in [3.63, 3.8) is 0 Å². The lowest BCUT2D eigenvalue weighted by Crippen LogP contribution is -2.12. The zero-order chi connectivity index (χ0) is 16.6. The fraction of sp³-hybridized carbons (Fsp3) is 0.133. The molecule has 0 atom stereocenters. The van der Waals surface area contributed by atoms with E-state index in [9.17, 15) is 18.0 Å². The van der Waals surface area contributed by atoms with Crippen LogP contribution in [0, 0.1) is 0 Å². The monoisotopic (exact) mass is 321 g/mol. The van der Waals surface area contributed by atoms with Crippen LogP contribution in [0.15, 0.2) is 42.6 Å². The van der Waals surface area contributed by atoms with Crippen LogP contribution in [0.25, 0.3) is 11.0 Å². The molecule has 0 fully saturated rings. The number of aromatic carboxylic acids is 1. The molecule has 118 valence electrons. The molecule has 0 aliphatic rings. The summed E-state index contributed by atoms with van der Waals surface area (Å²) in [6.45, 7) is 0.192. The predicted molar refractivity (Wildman–Crippen MR) is 75.0 cm³/mol. The van der Waals surface area contributed by atoms with Gasteiger partial charge in [-0.15, -0.1) is 0 Å². The highest BCUT2D eigenvalue weighted by atomic mass is 19.4. The van der Waals surface area contributed by atoms with Crippen LogP contribution in [-0.2, 0) is 12.7 Å². The minimum atomic E-state index is -4.74. The van der Waals surface area contributed by atoms with E-state index in [1.54, 1.807) is 24.3 Å². The Kier molecular flexibility index (Phi) is 3.51. The molecule has 3 rings (SSSR count). The average Bonchev–Trinajstić information content (AvgIpc) is 2.89. The van der Waals surface area contributed by atoms with Gasteiger partial charge in [0, 0.05) is 0 Å². The van der Waals surface area contributed by atoms with Crippen LogP contribution in [0.2, 0.25) is 0 Å². The number of rotatable bonds is 3. The summed E-state index contributed by atoms with van der Waals surface area (Å²) >= 11 is 0. The van der Waals surface area contributed by atoms with Crippen molar-refractivity contribution < 1.29 is 23.1 Å². The number of benzene rings is 1. The number of carboxylic acid groups (broad SMARTS) is 1. The minimum Gasteiger partial charge on any atom is -0.478 e. The Labute approximate surface area is 128 Å². The van der Waals surface area contributed by atoms with Gasteiger partial charge in [0.1, 0.15) is 5.69 Å². The van der Waals surface area contributed by atoms with Gasteiger partial charge in [0.25, 0.3) is 0 Å². The number of carboxylic acids is 1. The van der Waals surface area contributed by atoms with E-state index in [4.69, 9.17) is 5.11 Å². The summed E-state index contributed by atoms with van der Waals surface area (Å²) in [6.07, 6.45) is -3.52. The van der Waals surface area contributed by atoms with Crippen molar-refractivity contribution in [1.29, 1.82) is 0 Å². The van der Waals surface area contributed by atoms with Crippen LogP contribution in [0.4, 0.5) is 13.2 Å². The number of hydrogen-bond acceptors (Lipinski definition) is 3. The molecule has 0 unspecified atom stereocenters. The Hall–Kier alpha value is -2.90. The fourth-order valence-electron chi connectivity index (χ4n) is 2.24. The van der Waals surface area contributed by atoms with Gasteiger partial charge in [0.05, 0.1) is 23.7 Å². The molecule has 0 spiro atoms. The van der Waals surface area contributed by atoms with Crippen molar-refractivity contribution in [1.82, 2.24) is 14.8 Å². The van der Waals surface area contributed by atoms with Crippen LogP contribution in [0.5, 0.6) is 0 Å². The highest BCUT2D eigenvalue weighted by Gasteiger charge is 2.34. The summed E-state index contributed by atoms with van der Waals surface area (Å²) in [7, 11) is 0. The summed E-state index contributed by atoms with van der Waals surface area (Å²) in [5, 5.41) is 13.2. The predicted octanol–water partition coefficient (Wildman–Crippen LogP) is 3.20. The van der Waals surface area contributed by atoms with Crippen molar-refractivity contribution >= 4 is 17.0 Å². The van der Waals surface area contributed by atoms with Crippen LogP contribution in [0.1, 0.15) is 21.6 Å². The molecule has 2 aromatic heterocycles. The Morgan fingerprint density at radius 2 is 1.91 bits per heavy atom. The first-order chi connectivity index (χ1) is 10.9. The SMILES string of the molecule is O=C(O)c1cc(C(F)(F)F)nc2c1cnn2Cc1ccccc1. The molecule has 1 aromatic carbocycles.